The normalized spacial score (nSPS) is 15.1. The number of hydrogen-bond acceptors (Lipinski definition) is 0. The third-order valence-electron chi connectivity index (χ3n) is 3.41. The summed E-state index contributed by atoms with van der Waals surface area (Å²) in [6, 6.07) is 11.3. The van der Waals surface area contributed by atoms with Gasteiger partial charge in [-0.15, -0.1) is 0 Å². The molecule has 1 aromatic rings. The lowest BCUT2D eigenvalue weighted by Gasteiger charge is -1.99. The number of benzene rings is 1. The van der Waals surface area contributed by atoms with E-state index in [0.717, 1.165) is 0 Å². The molecule has 4 rings (SSSR count). The van der Waals surface area contributed by atoms with Gasteiger partial charge in [-0.05, 0) is 50.9 Å². The Kier molecular flexibility index (Phi) is 1.02. The van der Waals surface area contributed by atoms with Gasteiger partial charge in [0, 0.05) is 0 Å². The SMILES string of the molecule is C1=c2cc3cccc4cc(c2=c43)CC1. The van der Waals surface area contributed by atoms with Gasteiger partial charge in [0.2, 0.25) is 0 Å². The molecule has 0 heterocycles. The maximum absolute atomic E-state index is 2.38. The molecule has 0 saturated heterocycles. The monoisotopic (exact) mass is 178 g/mol. The average Bonchev–Trinajstić information content (AvgIpc) is 2.74. The molecule has 0 N–H and O–H groups in total. The molecule has 0 fully saturated rings. The molecular formula is C14H10. The highest BCUT2D eigenvalue weighted by atomic mass is 14.1. The van der Waals surface area contributed by atoms with E-state index >= 15 is 0 Å². The van der Waals surface area contributed by atoms with Crippen molar-refractivity contribution < 1.29 is 0 Å². The first-order chi connectivity index (χ1) is 6.93. The van der Waals surface area contributed by atoms with Crippen molar-refractivity contribution in [2.75, 3.05) is 0 Å². The predicted molar refractivity (Wildman–Crippen MR) is 58.4 cm³/mol. The van der Waals surface area contributed by atoms with Crippen LogP contribution in [-0.4, -0.2) is 0 Å². The lowest BCUT2D eigenvalue weighted by Crippen LogP contribution is -2.05. The van der Waals surface area contributed by atoms with Gasteiger partial charge < -0.3 is 0 Å². The van der Waals surface area contributed by atoms with Gasteiger partial charge >= 0.3 is 0 Å². The summed E-state index contributed by atoms with van der Waals surface area (Å²) in [5, 5.41) is 7.32. The van der Waals surface area contributed by atoms with Crippen molar-refractivity contribution in [2.24, 2.45) is 0 Å². The van der Waals surface area contributed by atoms with Crippen LogP contribution in [0.3, 0.4) is 0 Å². The quantitative estimate of drug-likeness (QED) is 0.496. The van der Waals surface area contributed by atoms with Gasteiger partial charge in [-0.3, -0.25) is 0 Å². The van der Waals surface area contributed by atoms with E-state index in [-0.39, 0.29) is 0 Å². The fraction of sp³-hybridized carbons (Fsp3) is 0.143. The zero-order chi connectivity index (χ0) is 9.12. The molecular weight excluding hydrogens is 168 g/mol. The zero-order valence-electron chi connectivity index (χ0n) is 7.88. The van der Waals surface area contributed by atoms with Crippen molar-refractivity contribution in [3.8, 4) is 0 Å². The topological polar surface area (TPSA) is 0 Å². The molecule has 0 spiro atoms. The number of rotatable bonds is 0. The first kappa shape index (κ1) is 6.83. The minimum atomic E-state index is 1.21. The van der Waals surface area contributed by atoms with E-state index in [1.807, 2.05) is 0 Å². The standard InChI is InChI=1S/C14H10/c1-3-9-7-11-5-2-6-12-8-10(4-1)13(9)14(11)12/h1,3-5,7-8H,2,6H2. The maximum atomic E-state index is 2.38. The largest absolute Gasteiger partial charge is 0.0763 e. The summed E-state index contributed by atoms with van der Waals surface area (Å²) in [5.41, 5.74) is 1.55. The van der Waals surface area contributed by atoms with Crippen LogP contribution in [0.15, 0.2) is 30.3 Å². The minimum absolute atomic E-state index is 1.21. The second kappa shape index (κ2) is 2.09. The minimum Gasteiger partial charge on any atom is -0.0763 e. The Morgan fingerprint density at radius 3 is 2.71 bits per heavy atom. The summed E-state index contributed by atoms with van der Waals surface area (Å²) in [7, 11) is 0. The first-order valence-corrected chi connectivity index (χ1v) is 5.20. The Balaban J connectivity index is 2.57. The van der Waals surface area contributed by atoms with Crippen molar-refractivity contribution in [1.29, 1.82) is 0 Å². The van der Waals surface area contributed by atoms with Crippen molar-refractivity contribution in [1.82, 2.24) is 0 Å². The van der Waals surface area contributed by atoms with E-state index in [9.17, 15) is 0 Å². The molecule has 66 valence electrons. The van der Waals surface area contributed by atoms with Gasteiger partial charge in [0.15, 0.2) is 0 Å². The Bertz CT molecular complexity index is 721. The van der Waals surface area contributed by atoms with Crippen molar-refractivity contribution in [2.45, 2.75) is 12.8 Å². The molecule has 0 nitrogen and oxygen atoms in total. The summed E-state index contributed by atoms with van der Waals surface area (Å²) >= 11 is 0. The molecule has 3 aliphatic rings. The smallest absolute Gasteiger partial charge is 0.00299 e. The Morgan fingerprint density at radius 1 is 0.929 bits per heavy atom. The highest BCUT2D eigenvalue weighted by molar-refractivity contribution is 5.75. The van der Waals surface area contributed by atoms with Crippen LogP contribution in [0, 0.1) is 10.4 Å². The molecule has 0 unspecified atom stereocenters. The summed E-state index contributed by atoms with van der Waals surface area (Å²) in [5.74, 6) is 0. The van der Waals surface area contributed by atoms with E-state index in [1.165, 1.54) is 39.3 Å². The lowest BCUT2D eigenvalue weighted by molar-refractivity contribution is 1.01. The van der Waals surface area contributed by atoms with Crippen LogP contribution in [0.1, 0.15) is 12.0 Å². The fourth-order valence-corrected chi connectivity index (χ4v) is 2.85. The third kappa shape index (κ3) is 0.630. The summed E-state index contributed by atoms with van der Waals surface area (Å²) in [6.07, 6.45) is 4.81. The van der Waals surface area contributed by atoms with Gasteiger partial charge in [-0.2, -0.15) is 0 Å². The molecule has 14 heavy (non-hydrogen) atoms. The Labute approximate surface area is 81.8 Å². The summed E-state index contributed by atoms with van der Waals surface area (Å²) in [6.45, 7) is 0. The van der Waals surface area contributed by atoms with Crippen LogP contribution in [0.25, 0.3) is 16.8 Å². The number of aryl methyl sites for hydroxylation is 1. The van der Waals surface area contributed by atoms with Crippen LogP contribution in [0.2, 0.25) is 0 Å². The van der Waals surface area contributed by atoms with Crippen LogP contribution in [-0.2, 0) is 6.42 Å². The average molecular weight is 178 g/mol. The molecule has 0 radical (unpaired) electrons. The lowest BCUT2D eigenvalue weighted by atomic mass is 10.1. The second-order valence-corrected chi connectivity index (χ2v) is 4.20. The molecule has 3 aliphatic carbocycles. The van der Waals surface area contributed by atoms with Crippen molar-refractivity contribution in [3.05, 3.63) is 51.6 Å². The molecule has 0 saturated carbocycles. The van der Waals surface area contributed by atoms with E-state index < -0.39 is 0 Å². The van der Waals surface area contributed by atoms with E-state index in [2.05, 4.69) is 36.4 Å². The van der Waals surface area contributed by atoms with Crippen LogP contribution >= 0.6 is 0 Å². The molecule has 0 heteroatoms. The summed E-state index contributed by atoms with van der Waals surface area (Å²) < 4.78 is 0. The van der Waals surface area contributed by atoms with Gasteiger partial charge in [-0.1, -0.05) is 30.3 Å². The molecule has 0 aliphatic heterocycles. The zero-order valence-corrected chi connectivity index (χ0v) is 7.88. The maximum Gasteiger partial charge on any atom is -0.00299 e. The van der Waals surface area contributed by atoms with Crippen LogP contribution in [0.5, 0.6) is 0 Å². The molecule has 1 aromatic carbocycles. The molecule has 0 aromatic heterocycles. The van der Waals surface area contributed by atoms with E-state index in [0.29, 0.717) is 0 Å². The molecule has 0 amide bonds. The third-order valence-corrected chi connectivity index (χ3v) is 3.41. The fourth-order valence-electron chi connectivity index (χ4n) is 2.85. The number of hydrogen-bond donors (Lipinski definition) is 0. The van der Waals surface area contributed by atoms with Gasteiger partial charge in [0.1, 0.15) is 0 Å². The molecule has 0 bridgehead atoms. The second-order valence-electron chi connectivity index (χ2n) is 4.20. The van der Waals surface area contributed by atoms with Gasteiger partial charge in [0.05, 0.1) is 0 Å². The van der Waals surface area contributed by atoms with Gasteiger partial charge in [0.25, 0.3) is 0 Å². The van der Waals surface area contributed by atoms with Crippen molar-refractivity contribution >= 4 is 16.8 Å². The van der Waals surface area contributed by atoms with Gasteiger partial charge in [-0.25, -0.2) is 0 Å². The van der Waals surface area contributed by atoms with E-state index in [1.54, 1.807) is 5.56 Å². The highest BCUT2D eigenvalue weighted by Gasteiger charge is 2.11. The predicted octanol–water partition coefficient (Wildman–Crippen LogP) is 2.45. The first-order valence-electron chi connectivity index (χ1n) is 5.20. The van der Waals surface area contributed by atoms with E-state index in [4.69, 9.17) is 0 Å². The Hall–Kier alpha value is -1.56. The van der Waals surface area contributed by atoms with Crippen LogP contribution < -0.4 is 5.22 Å². The Morgan fingerprint density at radius 2 is 1.79 bits per heavy atom. The molecule has 0 atom stereocenters. The van der Waals surface area contributed by atoms with Crippen LogP contribution in [0.4, 0.5) is 0 Å². The highest BCUT2D eigenvalue weighted by Crippen LogP contribution is 2.23. The summed E-state index contributed by atoms with van der Waals surface area (Å²) in [4.78, 5) is 0. The van der Waals surface area contributed by atoms with Crippen molar-refractivity contribution in [3.63, 3.8) is 0 Å².